The Morgan fingerprint density at radius 3 is 1.51 bits per heavy atom. The summed E-state index contributed by atoms with van der Waals surface area (Å²) in [6, 6.07) is 19.1. The Morgan fingerprint density at radius 1 is 0.571 bits per heavy atom. The highest BCUT2D eigenvalue weighted by molar-refractivity contribution is 7.28. The maximum absolute atomic E-state index is 6.15. The number of hydrogen-bond acceptors (Lipinski definition) is 9. The van der Waals surface area contributed by atoms with Gasteiger partial charge in [-0.15, -0.1) is 31.7 Å². The van der Waals surface area contributed by atoms with Gasteiger partial charge in [-0.1, -0.05) is 70.1 Å². The quantitative estimate of drug-likeness (QED) is 0.241. The highest BCUT2D eigenvalue weighted by atomic mass is 35.5. The van der Waals surface area contributed by atoms with Crippen molar-refractivity contribution < 1.29 is 0 Å². The third-order valence-corrected chi connectivity index (χ3v) is 8.87. The topological polar surface area (TPSA) is 86.2 Å². The summed E-state index contributed by atoms with van der Waals surface area (Å²) in [5.74, 6) is 1.31. The molecule has 7 aromatic rings. The zero-order valence-electron chi connectivity index (χ0n) is 17.3. The largest absolute Gasteiger partial charge is 0.235 e. The molecule has 7 rings (SSSR count). The molecule has 0 saturated carbocycles. The van der Waals surface area contributed by atoms with E-state index in [1.807, 2.05) is 60.7 Å². The maximum Gasteiger partial charge on any atom is 0.235 e. The molecule has 0 fully saturated rings. The molecule has 0 N–H and O–H groups in total. The average Bonchev–Trinajstić information content (AvgIpc) is 3.64. The first-order valence-corrected chi connectivity index (χ1v) is 13.4. The van der Waals surface area contributed by atoms with Gasteiger partial charge in [0.05, 0.1) is 9.75 Å². The van der Waals surface area contributed by atoms with Crippen LogP contribution in [0, 0.1) is 0 Å². The molecule has 0 unspecified atom stereocenters. The number of nitrogens with zero attached hydrogens (tertiary/aromatic N) is 8. The molecule has 0 bridgehead atoms. The van der Waals surface area contributed by atoms with E-state index < -0.39 is 0 Å². The molecular formula is C22H10Cl2N8S3. The minimum Gasteiger partial charge on any atom is -0.182 e. The van der Waals surface area contributed by atoms with Crippen LogP contribution in [-0.4, -0.2) is 39.6 Å². The van der Waals surface area contributed by atoms with Crippen molar-refractivity contribution in [3.8, 4) is 42.5 Å². The summed E-state index contributed by atoms with van der Waals surface area (Å²) in [5, 5.41) is 29.7. The van der Waals surface area contributed by atoms with E-state index in [1.165, 1.54) is 22.7 Å². The number of fused-ring (bicyclic) bond motifs is 2. The van der Waals surface area contributed by atoms with Crippen molar-refractivity contribution in [2.45, 2.75) is 0 Å². The molecule has 2 aromatic carbocycles. The van der Waals surface area contributed by atoms with E-state index in [-0.39, 0.29) is 0 Å². The van der Waals surface area contributed by atoms with Crippen LogP contribution in [0.15, 0.2) is 60.7 Å². The van der Waals surface area contributed by atoms with Crippen molar-refractivity contribution in [1.82, 2.24) is 39.6 Å². The van der Waals surface area contributed by atoms with E-state index in [4.69, 9.17) is 33.4 Å². The molecule has 0 radical (unpaired) electrons. The third-order valence-electron chi connectivity index (χ3n) is 5.17. The van der Waals surface area contributed by atoms with Crippen molar-refractivity contribution in [2.75, 3.05) is 0 Å². The van der Waals surface area contributed by atoms with Crippen LogP contribution in [0.1, 0.15) is 0 Å². The molecule has 0 aliphatic carbocycles. The van der Waals surface area contributed by atoms with Gasteiger partial charge in [0.25, 0.3) is 0 Å². The van der Waals surface area contributed by atoms with Gasteiger partial charge in [-0.05, 0) is 36.4 Å². The maximum atomic E-state index is 6.15. The Hall–Kier alpha value is -3.22. The lowest BCUT2D eigenvalue weighted by molar-refractivity contribution is 0.972. The van der Waals surface area contributed by atoms with Gasteiger partial charge in [0.2, 0.25) is 9.92 Å². The third kappa shape index (κ3) is 3.63. The second kappa shape index (κ2) is 8.18. The normalized spacial score (nSPS) is 11.7. The number of hydrogen-bond donors (Lipinski definition) is 0. The van der Waals surface area contributed by atoms with Gasteiger partial charge in [-0.2, -0.15) is 19.2 Å². The lowest BCUT2D eigenvalue weighted by atomic mass is 10.2. The fourth-order valence-corrected chi connectivity index (χ4v) is 6.78. The summed E-state index contributed by atoms with van der Waals surface area (Å²) in [6.45, 7) is 0. The Bertz CT molecular complexity index is 1730. The number of benzene rings is 2. The second-order valence-corrected chi connectivity index (χ2v) is 11.3. The zero-order chi connectivity index (χ0) is 23.5. The van der Waals surface area contributed by atoms with E-state index in [1.54, 1.807) is 20.4 Å². The zero-order valence-corrected chi connectivity index (χ0v) is 21.3. The molecule has 5 heterocycles. The number of rotatable bonds is 4. The average molecular weight is 553 g/mol. The van der Waals surface area contributed by atoms with Crippen LogP contribution in [0.2, 0.25) is 10.0 Å². The summed E-state index contributed by atoms with van der Waals surface area (Å²) < 4.78 is 3.51. The van der Waals surface area contributed by atoms with Crippen molar-refractivity contribution in [3.05, 3.63) is 70.7 Å². The molecule has 0 aliphatic heterocycles. The van der Waals surface area contributed by atoms with Crippen LogP contribution < -0.4 is 0 Å². The molecule has 0 saturated heterocycles. The van der Waals surface area contributed by atoms with Crippen LogP contribution in [0.4, 0.5) is 0 Å². The predicted octanol–water partition coefficient (Wildman–Crippen LogP) is 6.72. The molecule has 8 nitrogen and oxygen atoms in total. The van der Waals surface area contributed by atoms with E-state index in [0.29, 0.717) is 21.7 Å². The van der Waals surface area contributed by atoms with Crippen LogP contribution in [0.25, 0.3) is 52.5 Å². The van der Waals surface area contributed by atoms with Gasteiger partial charge in [0, 0.05) is 21.2 Å². The second-order valence-electron chi connectivity index (χ2n) is 7.43. The fraction of sp³-hybridized carbons (Fsp3) is 0. The van der Waals surface area contributed by atoms with E-state index in [9.17, 15) is 0 Å². The van der Waals surface area contributed by atoms with Crippen LogP contribution >= 0.6 is 57.2 Å². The molecule has 35 heavy (non-hydrogen) atoms. The first kappa shape index (κ1) is 21.1. The lowest BCUT2D eigenvalue weighted by Gasteiger charge is -1.97. The van der Waals surface area contributed by atoms with Crippen LogP contribution in [-0.2, 0) is 0 Å². The fourth-order valence-electron chi connectivity index (χ4n) is 3.62. The molecule has 5 aromatic heterocycles. The van der Waals surface area contributed by atoms with Gasteiger partial charge in [0.1, 0.15) is 0 Å². The molecular weight excluding hydrogens is 543 g/mol. The molecule has 0 amide bonds. The summed E-state index contributed by atoms with van der Waals surface area (Å²) >= 11 is 16.9. The monoisotopic (exact) mass is 552 g/mol. The lowest BCUT2D eigenvalue weighted by Crippen LogP contribution is -1.90. The van der Waals surface area contributed by atoms with E-state index >= 15 is 0 Å². The molecule has 0 aliphatic rings. The van der Waals surface area contributed by atoms with Crippen molar-refractivity contribution >= 4 is 67.1 Å². The summed E-state index contributed by atoms with van der Waals surface area (Å²) in [7, 11) is 0. The van der Waals surface area contributed by atoms with Crippen LogP contribution in [0.3, 0.4) is 0 Å². The summed E-state index contributed by atoms with van der Waals surface area (Å²) in [4.78, 5) is 3.48. The number of halogens is 2. The number of thiophene rings is 1. The van der Waals surface area contributed by atoms with Crippen molar-refractivity contribution in [3.63, 3.8) is 0 Å². The van der Waals surface area contributed by atoms with E-state index in [2.05, 4.69) is 20.4 Å². The Kier molecular flexibility index (Phi) is 4.93. The Morgan fingerprint density at radius 2 is 1.06 bits per heavy atom. The summed E-state index contributed by atoms with van der Waals surface area (Å²) in [6.07, 6.45) is 0. The molecule has 0 spiro atoms. The minimum atomic E-state index is 0.640. The predicted molar refractivity (Wildman–Crippen MR) is 141 cm³/mol. The molecule has 170 valence electrons. The minimum absolute atomic E-state index is 0.640. The standard InChI is InChI=1S/C22H10Cl2N8S3/c23-13-5-1-3-11(9-13)17-25-27-21-31(17)29-19(34-21)15-7-8-16(33-15)20-30-32-18(26-28-22(32)35-20)12-4-2-6-14(24)10-12/h1-10H. The van der Waals surface area contributed by atoms with Gasteiger partial charge in [0.15, 0.2) is 21.7 Å². The SMILES string of the molecule is Clc1cccc(-c2nnc3sc(-c4ccc(-c5nn6c(-c7cccc(Cl)c7)nnc6s5)s4)nn23)c1. The number of aromatic nitrogens is 8. The van der Waals surface area contributed by atoms with Gasteiger partial charge in [-0.3, -0.25) is 0 Å². The molecule has 0 atom stereocenters. The Labute approximate surface area is 219 Å². The van der Waals surface area contributed by atoms with Crippen LogP contribution in [0.5, 0.6) is 0 Å². The Balaban J connectivity index is 1.24. The summed E-state index contributed by atoms with van der Waals surface area (Å²) in [5.41, 5.74) is 1.73. The van der Waals surface area contributed by atoms with Crippen molar-refractivity contribution in [1.29, 1.82) is 0 Å². The first-order chi connectivity index (χ1) is 17.1. The van der Waals surface area contributed by atoms with E-state index in [0.717, 1.165) is 40.8 Å². The first-order valence-electron chi connectivity index (χ1n) is 10.2. The highest BCUT2D eigenvalue weighted by Crippen LogP contribution is 2.39. The van der Waals surface area contributed by atoms with Crippen molar-refractivity contribution in [2.24, 2.45) is 0 Å². The smallest absolute Gasteiger partial charge is 0.182 e. The highest BCUT2D eigenvalue weighted by Gasteiger charge is 2.19. The van der Waals surface area contributed by atoms with Gasteiger partial charge >= 0.3 is 0 Å². The molecule has 13 heteroatoms. The van der Waals surface area contributed by atoms with Gasteiger partial charge < -0.3 is 0 Å². The van der Waals surface area contributed by atoms with Gasteiger partial charge in [-0.25, -0.2) is 0 Å².